The third kappa shape index (κ3) is 4.69. The fourth-order valence-electron chi connectivity index (χ4n) is 4.96. The van der Waals surface area contributed by atoms with Crippen LogP contribution in [0.15, 0.2) is 24.3 Å². The molecular formula is C25H33N5O2S. The Labute approximate surface area is 199 Å². The summed E-state index contributed by atoms with van der Waals surface area (Å²) < 4.78 is 8.80. The summed E-state index contributed by atoms with van der Waals surface area (Å²) in [5.74, 6) is 0.548. The molecule has 0 spiro atoms. The van der Waals surface area contributed by atoms with E-state index in [2.05, 4.69) is 48.7 Å². The molecule has 3 heterocycles. The van der Waals surface area contributed by atoms with Crippen LogP contribution in [0.5, 0.6) is 0 Å². The molecule has 176 valence electrons. The number of rotatable bonds is 6. The van der Waals surface area contributed by atoms with Gasteiger partial charge in [-0.2, -0.15) is 5.10 Å². The number of carbonyl (C=O) groups excluding carboxylic acids is 1. The van der Waals surface area contributed by atoms with Crippen LogP contribution in [0.2, 0.25) is 0 Å². The molecule has 0 bridgehead atoms. The van der Waals surface area contributed by atoms with Crippen molar-refractivity contribution in [2.45, 2.75) is 52.2 Å². The van der Waals surface area contributed by atoms with E-state index in [0.29, 0.717) is 44.0 Å². The van der Waals surface area contributed by atoms with E-state index in [-0.39, 0.29) is 5.91 Å². The Bertz CT molecular complexity index is 1100. The standard InChI is InChI=1S/C25H33N5O2S/c1-17(2)15-30-21-9-8-18(28(3)16-23-26-20-6-4-5-7-22(20)33-23)14-19(21)24(27-30)25(31)29-10-12-32-13-11-29/h4-7,17-18H,8-16H2,1-3H3/t18-/m1/s1. The first kappa shape index (κ1) is 22.5. The highest BCUT2D eigenvalue weighted by Crippen LogP contribution is 2.30. The number of hydrogen-bond acceptors (Lipinski definition) is 6. The summed E-state index contributed by atoms with van der Waals surface area (Å²) in [5, 5.41) is 6.01. The largest absolute Gasteiger partial charge is 0.378 e. The van der Waals surface area contributed by atoms with Gasteiger partial charge in [-0.3, -0.25) is 14.4 Å². The maximum Gasteiger partial charge on any atom is 0.274 e. The molecule has 1 aromatic carbocycles. The molecule has 0 radical (unpaired) electrons. The summed E-state index contributed by atoms with van der Waals surface area (Å²) in [5.41, 5.74) is 4.14. The quantitative estimate of drug-likeness (QED) is 0.554. The zero-order valence-corrected chi connectivity index (χ0v) is 20.6. The normalized spacial score (nSPS) is 18.9. The maximum atomic E-state index is 13.4. The van der Waals surface area contributed by atoms with E-state index in [4.69, 9.17) is 14.8 Å². The first-order valence-corrected chi connectivity index (χ1v) is 12.8. The van der Waals surface area contributed by atoms with E-state index >= 15 is 0 Å². The molecule has 2 aliphatic rings. The summed E-state index contributed by atoms with van der Waals surface area (Å²) in [7, 11) is 2.18. The van der Waals surface area contributed by atoms with Gasteiger partial charge in [-0.15, -0.1) is 11.3 Å². The lowest BCUT2D eigenvalue weighted by molar-refractivity contribution is 0.0297. The van der Waals surface area contributed by atoms with Gasteiger partial charge in [0.25, 0.3) is 5.91 Å². The minimum absolute atomic E-state index is 0.0616. The second-order valence-electron chi connectivity index (χ2n) is 9.64. The number of nitrogens with zero attached hydrogens (tertiary/aromatic N) is 5. The molecule has 0 N–H and O–H groups in total. The summed E-state index contributed by atoms with van der Waals surface area (Å²) >= 11 is 1.77. The smallest absolute Gasteiger partial charge is 0.274 e. The van der Waals surface area contributed by atoms with Crippen molar-refractivity contribution < 1.29 is 9.53 Å². The Kier molecular flexibility index (Phi) is 6.49. The van der Waals surface area contributed by atoms with E-state index in [1.807, 2.05) is 11.0 Å². The highest BCUT2D eigenvalue weighted by Gasteiger charge is 2.33. The predicted molar refractivity (Wildman–Crippen MR) is 131 cm³/mol. The van der Waals surface area contributed by atoms with Crippen molar-refractivity contribution in [1.82, 2.24) is 24.6 Å². The van der Waals surface area contributed by atoms with E-state index in [9.17, 15) is 4.79 Å². The first-order valence-electron chi connectivity index (χ1n) is 12.0. The maximum absolute atomic E-state index is 13.4. The van der Waals surface area contributed by atoms with Gasteiger partial charge < -0.3 is 9.64 Å². The number of hydrogen-bond donors (Lipinski definition) is 0. The average molecular weight is 468 g/mol. The van der Waals surface area contributed by atoms with Crippen LogP contribution in [0.4, 0.5) is 0 Å². The number of carbonyl (C=O) groups is 1. The van der Waals surface area contributed by atoms with Crippen molar-refractivity contribution in [1.29, 1.82) is 0 Å². The third-order valence-electron chi connectivity index (χ3n) is 6.71. The van der Waals surface area contributed by atoms with Gasteiger partial charge in [-0.05, 0) is 44.4 Å². The molecule has 5 rings (SSSR count). The van der Waals surface area contributed by atoms with E-state index in [1.54, 1.807) is 11.3 Å². The van der Waals surface area contributed by atoms with Crippen molar-refractivity contribution in [3.05, 3.63) is 46.2 Å². The molecule has 1 aliphatic carbocycles. The molecule has 3 aromatic rings. The molecule has 1 amide bonds. The van der Waals surface area contributed by atoms with Crippen molar-refractivity contribution in [2.75, 3.05) is 33.4 Å². The van der Waals surface area contributed by atoms with Crippen LogP contribution in [-0.2, 0) is 30.7 Å². The second-order valence-corrected chi connectivity index (χ2v) is 10.8. The zero-order chi connectivity index (χ0) is 22.9. The first-order chi connectivity index (χ1) is 16.0. The Balaban J connectivity index is 1.37. The molecule has 0 saturated carbocycles. The lowest BCUT2D eigenvalue weighted by atomic mass is 9.90. The van der Waals surface area contributed by atoms with Crippen LogP contribution in [0.3, 0.4) is 0 Å². The number of aromatic nitrogens is 3. The number of thiazole rings is 1. The molecule has 1 atom stereocenters. The summed E-state index contributed by atoms with van der Waals surface area (Å²) in [6.45, 7) is 8.58. The fraction of sp³-hybridized carbons (Fsp3) is 0.560. The van der Waals surface area contributed by atoms with Crippen molar-refractivity contribution in [2.24, 2.45) is 5.92 Å². The summed E-state index contributed by atoms with van der Waals surface area (Å²) in [6, 6.07) is 8.70. The van der Waals surface area contributed by atoms with Gasteiger partial charge in [-0.25, -0.2) is 4.98 Å². The molecule has 2 aromatic heterocycles. The third-order valence-corrected chi connectivity index (χ3v) is 7.73. The van der Waals surface area contributed by atoms with Gasteiger partial charge in [-0.1, -0.05) is 26.0 Å². The van der Waals surface area contributed by atoms with Gasteiger partial charge in [0, 0.05) is 36.9 Å². The van der Waals surface area contributed by atoms with Crippen molar-refractivity contribution in [3.63, 3.8) is 0 Å². The number of morpholine rings is 1. The van der Waals surface area contributed by atoms with Gasteiger partial charge in [0.05, 0.1) is 30.0 Å². The molecule has 8 heteroatoms. The number of fused-ring (bicyclic) bond motifs is 2. The van der Waals surface area contributed by atoms with Gasteiger partial charge in [0.1, 0.15) is 5.01 Å². The van der Waals surface area contributed by atoms with Crippen LogP contribution < -0.4 is 0 Å². The average Bonchev–Trinajstić information content (AvgIpc) is 3.39. The van der Waals surface area contributed by atoms with Crippen LogP contribution in [0.1, 0.15) is 47.0 Å². The minimum Gasteiger partial charge on any atom is -0.378 e. The topological polar surface area (TPSA) is 63.5 Å². The lowest BCUT2D eigenvalue weighted by Crippen LogP contribution is -2.42. The van der Waals surface area contributed by atoms with E-state index in [1.165, 1.54) is 10.4 Å². The molecule has 1 saturated heterocycles. The minimum atomic E-state index is 0.0616. The molecule has 1 fully saturated rings. The predicted octanol–water partition coefficient (Wildman–Crippen LogP) is 3.61. The SMILES string of the molecule is CC(C)Cn1nc(C(=O)N2CCOCC2)c2c1CC[C@@H](N(C)Cc1nc3ccccc3s1)C2. The molecular weight excluding hydrogens is 434 g/mol. The molecule has 7 nitrogen and oxygen atoms in total. The Morgan fingerprint density at radius 2 is 2.06 bits per heavy atom. The number of benzene rings is 1. The number of amides is 1. The Hall–Kier alpha value is -2.29. The van der Waals surface area contributed by atoms with Crippen molar-refractivity contribution >= 4 is 27.5 Å². The molecule has 33 heavy (non-hydrogen) atoms. The van der Waals surface area contributed by atoms with Crippen LogP contribution in [0.25, 0.3) is 10.2 Å². The summed E-state index contributed by atoms with van der Waals surface area (Å²) in [4.78, 5) is 22.5. The van der Waals surface area contributed by atoms with Crippen molar-refractivity contribution in [3.8, 4) is 0 Å². The van der Waals surface area contributed by atoms with Crippen LogP contribution in [0, 0.1) is 5.92 Å². The Morgan fingerprint density at radius 3 is 2.82 bits per heavy atom. The zero-order valence-electron chi connectivity index (χ0n) is 19.8. The van der Waals surface area contributed by atoms with E-state index in [0.717, 1.165) is 48.4 Å². The lowest BCUT2D eigenvalue weighted by Gasteiger charge is -2.32. The monoisotopic (exact) mass is 467 g/mol. The Morgan fingerprint density at radius 1 is 1.27 bits per heavy atom. The highest BCUT2D eigenvalue weighted by molar-refractivity contribution is 7.18. The number of para-hydroxylation sites is 1. The molecule has 1 aliphatic heterocycles. The highest BCUT2D eigenvalue weighted by atomic mass is 32.1. The van der Waals surface area contributed by atoms with Gasteiger partial charge in [0.15, 0.2) is 5.69 Å². The van der Waals surface area contributed by atoms with Crippen LogP contribution in [-0.4, -0.2) is 69.9 Å². The van der Waals surface area contributed by atoms with Gasteiger partial charge >= 0.3 is 0 Å². The molecule has 0 unspecified atom stereocenters. The van der Waals surface area contributed by atoms with Crippen LogP contribution >= 0.6 is 11.3 Å². The summed E-state index contributed by atoms with van der Waals surface area (Å²) in [6.07, 6.45) is 2.89. The number of likely N-dealkylation sites (N-methyl/N-ethyl adjacent to an activating group) is 1. The van der Waals surface area contributed by atoms with E-state index < -0.39 is 0 Å². The fourth-order valence-corrected chi connectivity index (χ4v) is 5.99. The second kappa shape index (κ2) is 9.52. The van der Waals surface area contributed by atoms with Gasteiger partial charge in [0.2, 0.25) is 0 Å². The number of ether oxygens (including phenoxy) is 1.